The predicted molar refractivity (Wildman–Crippen MR) is 152 cm³/mol. The van der Waals surface area contributed by atoms with E-state index in [4.69, 9.17) is 37.7 Å². The van der Waals surface area contributed by atoms with E-state index in [2.05, 4.69) is 4.98 Å². The molecule has 0 radical (unpaired) electrons. The fourth-order valence-corrected chi connectivity index (χ4v) is 5.27. The summed E-state index contributed by atoms with van der Waals surface area (Å²) in [6.07, 6.45) is 3.26. The van der Waals surface area contributed by atoms with Gasteiger partial charge in [0, 0.05) is 42.5 Å². The number of rotatable bonds is 9. The maximum atomic E-state index is 13.9. The van der Waals surface area contributed by atoms with E-state index < -0.39 is 5.69 Å². The Bertz CT molecular complexity index is 1590. The molecule has 0 N–H and O–H groups in total. The third-order valence-electron chi connectivity index (χ3n) is 6.95. The summed E-state index contributed by atoms with van der Waals surface area (Å²) in [6, 6.07) is 11.0. The summed E-state index contributed by atoms with van der Waals surface area (Å²) < 4.78 is 16.1. The van der Waals surface area contributed by atoms with Crippen LogP contribution in [0.3, 0.4) is 0 Å². The fraction of sp³-hybridized carbons (Fsp3) is 0.429. The summed E-state index contributed by atoms with van der Waals surface area (Å²) in [4.78, 5) is 36.6. The molecule has 4 aromatic rings. The van der Waals surface area contributed by atoms with Crippen molar-refractivity contribution in [2.24, 2.45) is 0 Å². The summed E-state index contributed by atoms with van der Waals surface area (Å²) in [6.45, 7) is 5.74. The van der Waals surface area contributed by atoms with Crippen molar-refractivity contribution in [1.82, 2.24) is 23.7 Å². The average Bonchev–Trinajstić information content (AvgIpc) is 3.29. The van der Waals surface area contributed by atoms with Gasteiger partial charge in [-0.1, -0.05) is 35.3 Å². The van der Waals surface area contributed by atoms with Gasteiger partial charge in [0.1, 0.15) is 11.0 Å². The van der Waals surface area contributed by atoms with E-state index in [0.717, 1.165) is 30.4 Å². The molecule has 0 saturated carbocycles. The maximum absolute atomic E-state index is 13.9. The summed E-state index contributed by atoms with van der Waals surface area (Å²) in [7, 11) is 0. The molecule has 1 fully saturated rings. The molecule has 0 amide bonds. The Kier molecular flexibility index (Phi) is 8.52. The first-order valence-corrected chi connectivity index (χ1v) is 14.0. The molecule has 39 heavy (non-hydrogen) atoms. The number of nitrogens with zero attached hydrogens (tertiary/aromatic N) is 5. The lowest BCUT2D eigenvalue weighted by Gasteiger charge is -2.22. The highest BCUT2D eigenvalue weighted by Gasteiger charge is 2.23. The van der Waals surface area contributed by atoms with Crippen LogP contribution in [0.2, 0.25) is 10.2 Å². The van der Waals surface area contributed by atoms with Crippen LogP contribution < -0.4 is 11.2 Å². The van der Waals surface area contributed by atoms with Crippen LogP contribution in [0.15, 0.2) is 46.0 Å². The van der Waals surface area contributed by atoms with Crippen molar-refractivity contribution in [2.75, 3.05) is 13.2 Å². The van der Waals surface area contributed by atoms with Crippen LogP contribution in [-0.4, -0.2) is 43.2 Å². The van der Waals surface area contributed by atoms with Gasteiger partial charge in [-0.05, 0) is 69.4 Å². The molecule has 0 spiro atoms. The zero-order chi connectivity index (χ0) is 27.5. The second kappa shape index (κ2) is 12.0. The lowest BCUT2D eigenvalue weighted by molar-refractivity contribution is -0.163. The number of hydrogen-bond acceptors (Lipinski definition) is 6. The number of fused-ring (bicyclic) bond motifs is 1. The van der Waals surface area contributed by atoms with Crippen LogP contribution in [0.4, 0.5) is 0 Å². The Morgan fingerprint density at radius 1 is 1.03 bits per heavy atom. The Hall–Kier alpha value is -2.98. The van der Waals surface area contributed by atoms with Gasteiger partial charge in [-0.25, -0.2) is 14.8 Å². The van der Waals surface area contributed by atoms with Crippen molar-refractivity contribution in [3.05, 3.63) is 78.7 Å². The van der Waals surface area contributed by atoms with Gasteiger partial charge in [0.2, 0.25) is 0 Å². The first-order chi connectivity index (χ1) is 18.9. The van der Waals surface area contributed by atoms with E-state index in [1.54, 1.807) is 22.8 Å². The normalized spacial score (nSPS) is 15.7. The Balaban J connectivity index is 1.60. The first-order valence-electron chi connectivity index (χ1n) is 13.2. The van der Waals surface area contributed by atoms with Gasteiger partial charge >= 0.3 is 5.69 Å². The van der Waals surface area contributed by atoms with Gasteiger partial charge in [-0.2, -0.15) is 0 Å². The molecule has 1 aliphatic rings. The fourth-order valence-electron chi connectivity index (χ4n) is 4.95. The number of benzene rings is 1. The number of pyridine rings is 1. The lowest BCUT2D eigenvalue weighted by Crippen LogP contribution is -2.40. The number of ether oxygens (including phenoxy) is 2. The highest BCUT2D eigenvalue weighted by Crippen LogP contribution is 2.27. The van der Waals surface area contributed by atoms with E-state index in [0.29, 0.717) is 65.6 Å². The second-order valence-electron chi connectivity index (χ2n) is 9.59. The van der Waals surface area contributed by atoms with Crippen molar-refractivity contribution in [1.29, 1.82) is 0 Å². The van der Waals surface area contributed by atoms with E-state index >= 15 is 0 Å². The molecule has 1 saturated heterocycles. The van der Waals surface area contributed by atoms with Crippen LogP contribution in [0.1, 0.15) is 43.9 Å². The van der Waals surface area contributed by atoms with E-state index in [1.165, 1.54) is 4.57 Å². The monoisotopic (exact) mass is 571 g/mol. The smallest absolute Gasteiger partial charge is 0.332 e. The number of hydrogen-bond donors (Lipinski definition) is 0. The summed E-state index contributed by atoms with van der Waals surface area (Å²) in [5.41, 5.74) is 2.25. The highest BCUT2D eigenvalue weighted by atomic mass is 35.5. The average molecular weight is 572 g/mol. The van der Waals surface area contributed by atoms with Gasteiger partial charge in [0.05, 0.1) is 6.61 Å². The number of aryl methyl sites for hydroxylation is 2. The van der Waals surface area contributed by atoms with Gasteiger partial charge in [-0.3, -0.25) is 13.9 Å². The molecule has 0 bridgehead atoms. The van der Waals surface area contributed by atoms with Crippen LogP contribution in [0.25, 0.3) is 22.6 Å². The predicted octanol–water partition coefficient (Wildman–Crippen LogP) is 5.04. The molecule has 206 valence electrons. The topological polar surface area (TPSA) is 93.2 Å². The van der Waals surface area contributed by atoms with Crippen molar-refractivity contribution >= 4 is 34.4 Å². The number of aromatic nitrogens is 5. The van der Waals surface area contributed by atoms with Crippen LogP contribution in [0, 0.1) is 6.92 Å². The van der Waals surface area contributed by atoms with Crippen LogP contribution in [0.5, 0.6) is 0 Å². The van der Waals surface area contributed by atoms with E-state index in [-0.39, 0.29) is 18.4 Å². The molecule has 4 heterocycles. The molecule has 1 unspecified atom stereocenters. The minimum Gasteiger partial charge on any atom is -0.353 e. The molecule has 1 atom stereocenters. The second-order valence-corrected chi connectivity index (χ2v) is 10.4. The Morgan fingerprint density at radius 3 is 2.51 bits per heavy atom. The molecule has 3 aromatic heterocycles. The highest BCUT2D eigenvalue weighted by molar-refractivity contribution is 6.30. The van der Waals surface area contributed by atoms with Gasteiger partial charge in [-0.15, -0.1) is 0 Å². The molecular weight excluding hydrogens is 541 g/mol. The Morgan fingerprint density at radius 2 is 1.82 bits per heavy atom. The van der Waals surface area contributed by atoms with E-state index in [1.807, 2.05) is 36.6 Å². The third kappa shape index (κ3) is 5.82. The van der Waals surface area contributed by atoms with Crippen molar-refractivity contribution < 1.29 is 9.47 Å². The first kappa shape index (κ1) is 27.6. The van der Waals surface area contributed by atoms with Crippen LogP contribution in [-0.2, 0) is 29.1 Å². The molecule has 1 aromatic carbocycles. The molecule has 1 aliphatic heterocycles. The van der Waals surface area contributed by atoms with Gasteiger partial charge in [0.25, 0.3) is 5.56 Å². The zero-order valence-corrected chi connectivity index (χ0v) is 23.5. The van der Waals surface area contributed by atoms with Crippen molar-refractivity contribution in [3.8, 4) is 11.4 Å². The molecule has 5 rings (SSSR count). The number of halogens is 2. The van der Waals surface area contributed by atoms with Gasteiger partial charge < -0.3 is 14.0 Å². The lowest BCUT2D eigenvalue weighted by atomic mass is 10.1. The van der Waals surface area contributed by atoms with Crippen molar-refractivity contribution in [3.63, 3.8) is 0 Å². The molecule has 11 heteroatoms. The Labute approximate surface area is 235 Å². The van der Waals surface area contributed by atoms with Crippen molar-refractivity contribution in [2.45, 2.75) is 65.5 Å². The summed E-state index contributed by atoms with van der Waals surface area (Å²) >= 11 is 12.2. The minimum absolute atomic E-state index is 0.218. The van der Waals surface area contributed by atoms with E-state index in [9.17, 15) is 9.59 Å². The maximum Gasteiger partial charge on any atom is 0.332 e. The van der Waals surface area contributed by atoms with Gasteiger partial charge in [0.15, 0.2) is 17.5 Å². The standard InChI is InChI=1S/C28H31Cl2N5O4/c1-3-33-26-24(27(36)34(28(33)37)14-6-16-39-23-7-4-5-15-38-23)35(17-19-8-10-20(29)11-9-19)25(32-26)21-12-13-22(30)31-18(21)2/h8-13,23H,3-7,14-17H2,1-2H3. The molecular formula is C28H31Cl2N5O4. The zero-order valence-electron chi connectivity index (χ0n) is 22.0. The minimum atomic E-state index is -0.391. The molecule has 9 nitrogen and oxygen atoms in total. The summed E-state index contributed by atoms with van der Waals surface area (Å²) in [5.74, 6) is 0.538. The third-order valence-corrected chi connectivity index (χ3v) is 7.41. The molecule has 0 aliphatic carbocycles. The quantitative estimate of drug-likeness (QED) is 0.206. The largest absolute Gasteiger partial charge is 0.353 e. The summed E-state index contributed by atoms with van der Waals surface area (Å²) in [5, 5.41) is 0.987. The number of imidazole rings is 1. The van der Waals surface area contributed by atoms with Crippen LogP contribution >= 0.6 is 23.2 Å². The SMILES string of the molecule is CCn1c(=O)n(CCCOC2CCCCO2)c(=O)c2c1nc(-c1ccc(Cl)nc1C)n2Cc1ccc(Cl)cc1.